The highest BCUT2D eigenvalue weighted by Crippen LogP contribution is 2.25. The molecule has 0 amide bonds. The standard InChI is InChI=1S/C13H16N2/c1-2-7-14-12(3-1)10-4-5-13-11(9-10)6-8-15-13/h4-6,8-9,12,14-15H,1-3,7H2/t12-/m1/s1. The van der Waals surface area contributed by atoms with Gasteiger partial charge in [0, 0.05) is 17.8 Å². The summed E-state index contributed by atoms with van der Waals surface area (Å²) in [5, 5.41) is 4.90. The van der Waals surface area contributed by atoms with E-state index in [9.17, 15) is 0 Å². The zero-order valence-electron chi connectivity index (χ0n) is 8.79. The molecule has 3 rings (SSSR count). The highest BCUT2D eigenvalue weighted by molar-refractivity contribution is 5.80. The summed E-state index contributed by atoms with van der Waals surface area (Å²) in [6.07, 6.45) is 5.95. The maximum atomic E-state index is 3.58. The molecule has 1 aliphatic rings. The molecule has 1 saturated heterocycles. The first-order valence-electron chi connectivity index (χ1n) is 5.74. The molecule has 0 aliphatic carbocycles. The Kier molecular flexibility index (Phi) is 2.22. The number of hydrogen-bond acceptors (Lipinski definition) is 1. The molecule has 0 bridgehead atoms. The predicted molar refractivity (Wildman–Crippen MR) is 62.9 cm³/mol. The number of fused-ring (bicyclic) bond motifs is 1. The van der Waals surface area contributed by atoms with Gasteiger partial charge in [0.25, 0.3) is 0 Å². The highest BCUT2D eigenvalue weighted by atomic mass is 14.9. The van der Waals surface area contributed by atoms with Crippen LogP contribution in [0.2, 0.25) is 0 Å². The van der Waals surface area contributed by atoms with Crippen molar-refractivity contribution < 1.29 is 0 Å². The van der Waals surface area contributed by atoms with E-state index in [0.717, 1.165) is 6.54 Å². The van der Waals surface area contributed by atoms with Crippen molar-refractivity contribution in [1.29, 1.82) is 0 Å². The number of piperidine rings is 1. The maximum Gasteiger partial charge on any atom is 0.0454 e. The monoisotopic (exact) mass is 200 g/mol. The molecular formula is C13H16N2. The fraction of sp³-hybridized carbons (Fsp3) is 0.385. The van der Waals surface area contributed by atoms with Crippen LogP contribution in [-0.2, 0) is 0 Å². The van der Waals surface area contributed by atoms with Crippen molar-refractivity contribution in [1.82, 2.24) is 10.3 Å². The summed E-state index contributed by atoms with van der Waals surface area (Å²) in [5.74, 6) is 0. The first-order valence-corrected chi connectivity index (χ1v) is 5.74. The lowest BCUT2D eigenvalue weighted by Crippen LogP contribution is -2.26. The number of benzene rings is 1. The predicted octanol–water partition coefficient (Wildman–Crippen LogP) is 2.98. The molecule has 0 radical (unpaired) electrons. The van der Waals surface area contributed by atoms with E-state index >= 15 is 0 Å². The zero-order valence-corrected chi connectivity index (χ0v) is 8.79. The average Bonchev–Trinajstić information content (AvgIpc) is 2.77. The molecule has 1 aromatic heterocycles. The average molecular weight is 200 g/mol. The van der Waals surface area contributed by atoms with E-state index in [4.69, 9.17) is 0 Å². The van der Waals surface area contributed by atoms with Crippen molar-refractivity contribution in [2.75, 3.05) is 6.54 Å². The van der Waals surface area contributed by atoms with Gasteiger partial charge in [-0.2, -0.15) is 0 Å². The fourth-order valence-corrected chi connectivity index (χ4v) is 2.42. The number of hydrogen-bond donors (Lipinski definition) is 2. The second-order valence-electron chi connectivity index (χ2n) is 4.33. The van der Waals surface area contributed by atoms with Gasteiger partial charge in [-0.1, -0.05) is 12.5 Å². The van der Waals surface area contributed by atoms with Gasteiger partial charge in [0.2, 0.25) is 0 Å². The van der Waals surface area contributed by atoms with Crippen molar-refractivity contribution >= 4 is 10.9 Å². The lowest BCUT2D eigenvalue weighted by atomic mass is 9.97. The largest absolute Gasteiger partial charge is 0.361 e. The van der Waals surface area contributed by atoms with E-state index < -0.39 is 0 Å². The van der Waals surface area contributed by atoms with Crippen LogP contribution in [0.4, 0.5) is 0 Å². The van der Waals surface area contributed by atoms with Crippen LogP contribution in [0.15, 0.2) is 30.5 Å². The van der Waals surface area contributed by atoms with Crippen LogP contribution < -0.4 is 5.32 Å². The first kappa shape index (κ1) is 8.98. The van der Waals surface area contributed by atoms with Crippen molar-refractivity contribution in [3.8, 4) is 0 Å². The Bertz CT molecular complexity index is 452. The van der Waals surface area contributed by atoms with Gasteiger partial charge in [-0.3, -0.25) is 0 Å². The van der Waals surface area contributed by atoms with Gasteiger partial charge in [-0.25, -0.2) is 0 Å². The first-order chi connectivity index (χ1) is 7.43. The third-order valence-corrected chi connectivity index (χ3v) is 3.29. The Hall–Kier alpha value is -1.28. The van der Waals surface area contributed by atoms with Crippen LogP contribution in [0.5, 0.6) is 0 Å². The summed E-state index contributed by atoms with van der Waals surface area (Å²) in [5.41, 5.74) is 2.66. The minimum absolute atomic E-state index is 0.568. The van der Waals surface area contributed by atoms with E-state index in [-0.39, 0.29) is 0 Å². The Balaban J connectivity index is 1.95. The van der Waals surface area contributed by atoms with Crippen LogP contribution in [0.25, 0.3) is 10.9 Å². The van der Waals surface area contributed by atoms with Gasteiger partial charge >= 0.3 is 0 Å². The number of aromatic amines is 1. The molecule has 1 atom stereocenters. The molecule has 1 aliphatic heterocycles. The summed E-state index contributed by atoms with van der Waals surface area (Å²) >= 11 is 0. The molecule has 78 valence electrons. The molecule has 0 unspecified atom stereocenters. The van der Waals surface area contributed by atoms with E-state index in [1.54, 1.807) is 0 Å². The van der Waals surface area contributed by atoms with Crippen LogP contribution >= 0.6 is 0 Å². The topological polar surface area (TPSA) is 27.8 Å². The number of rotatable bonds is 1. The van der Waals surface area contributed by atoms with Crippen LogP contribution in [0.3, 0.4) is 0 Å². The second kappa shape index (κ2) is 3.70. The molecule has 15 heavy (non-hydrogen) atoms. The van der Waals surface area contributed by atoms with Crippen molar-refractivity contribution in [3.05, 3.63) is 36.0 Å². The van der Waals surface area contributed by atoms with E-state index in [2.05, 4.69) is 34.6 Å². The van der Waals surface area contributed by atoms with Crippen LogP contribution in [0, 0.1) is 0 Å². The Morgan fingerprint density at radius 1 is 1.13 bits per heavy atom. The molecule has 0 spiro atoms. The summed E-state index contributed by atoms with van der Waals surface area (Å²) in [6.45, 7) is 1.16. The number of nitrogens with one attached hydrogen (secondary N) is 2. The summed E-state index contributed by atoms with van der Waals surface area (Å²) < 4.78 is 0. The highest BCUT2D eigenvalue weighted by Gasteiger charge is 2.14. The summed E-state index contributed by atoms with van der Waals surface area (Å²) in [6, 6.07) is 9.43. The number of aromatic nitrogens is 1. The molecule has 0 saturated carbocycles. The normalized spacial score (nSPS) is 22.0. The molecule has 2 nitrogen and oxygen atoms in total. The Morgan fingerprint density at radius 2 is 2.13 bits per heavy atom. The second-order valence-corrected chi connectivity index (χ2v) is 4.33. The quantitative estimate of drug-likeness (QED) is 0.727. The maximum absolute atomic E-state index is 3.58. The summed E-state index contributed by atoms with van der Waals surface area (Å²) in [7, 11) is 0. The Labute approximate surface area is 89.7 Å². The molecule has 1 fully saturated rings. The molecule has 2 N–H and O–H groups in total. The SMILES string of the molecule is c1cc2cc([C@H]3CCCCN3)ccc2[nH]1. The lowest BCUT2D eigenvalue weighted by Gasteiger charge is -2.23. The van der Waals surface area contributed by atoms with Gasteiger partial charge in [-0.05, 0) is 48.5 Å². The van der Waals surface area contributed by atoms with Crippen molar-refractivity contribution in [3.63, 3.8) is 0 Å². The van der Waals surface area contributed by atoms with Gasteiger partial charge in [0.1, 0.15) is 0 Å². The van der Waals surface area contributed by atoms with Gasteiger partial charge in [0.15, 0.2) is 0 Å². The minimum Gasteiger partial charge on any atom is -0.361 e. The van der Waals surface area contributed by atoms with Gasteiger partial charge < -0.3 is 10.3 Å². The lowest BCUT2D eigenvalue weighted by molar-refractivity contribution is 0.412. The number of H-pyrrole nitrogens is 1. The van der Waals surface area contributed by atoms with E-state index in [0.29, 0.717) is 6.04 Å². The molecule has 2 heteroatoms. The fourth-order valence-electron chi connectivity index (χ4n) is 2.42. The minimum atomic E-state index is 0.568. The third kappa shape index (κ3) is 1.65. The van der Waals surface area contributed by atoms with Gasteiger partial charge in [-0.15, -0.1) is 0 Å². The van der Waals surface area contributed by atoms with Crippen LogP contribution in [0.1, 0.15) is 30.9 Å². The molecule has 2 heterocycles. The molecule has 1 aromatic carbocycles. The zero-order chi connectivity index (χ0) is 10.1. The van der Waals surface area contributed by atoms with Crippen molar-refractivity contribution in [2.45, 2.75) is 25.3 Å². The smallest absolute Gasteiger partial charge is 0.0454 e. The molecular weight excluding hydrogens is 184 g/mol. The third-order valence-electron chi connectivity index (χ3n) is 3.29. The van der Waals surface area contributed by atoms with E-state index in [1.807, 2.05) is 6.20 Å². The van der Waals surface area contributed by atoms with Crippen LogP contribution in [-0.4, -0.2) is 11.5 Å². The summed E-state index contributed by atoms with van der Waals surface area (Å²) in [4.78, 5) is 3.23. The molecule has 2 aromatic rings. The Morgan fingerprint density at radius 3 is 3.00 bits per heavy atom. The van der Waals surface area contributed by atoms with Crippen molar-refractivity contribution in [2.24, 2.45) is 0 Å². The van der Waals surface area contributed by atoms with Gasteiger partial charge in [0.05, 0.1) is 0 Å². The van der Waals surface area contributed by atoms with E-state index in [1.165, 1.54) is 35.7 Å².